The Labute approximate surface area is 152 Å². The zero-order chi connectivity index (χ0) is 18.3. The van der Waals surface area contributed by atoms with Crippen LogP contribution in [0.2, 0.25) is 0 Å². The second kappa shape index (κ2) is 6.12. The molecule has 3 N–H and O–H groups in total. The van der Waals surface area contributed by atoms with E-state index in [9.17, 15) is 14.7 Å². The zero-order valence-electron chi connectivity index (χ0n) is 14.3. The highest BCUT2D eigenvalue weighted by molar-refractivity contribution is 6.30. The lowest BCUT2D eigenvalue weighted by atomic mass is 9.82. The van der Waals surface area contributed by atoms with Gasteiger partial charge in [0.2, 0.25) is 0 Å². The average Bonchev–Trinajstić information content (AvgIpc) is 2.65. The van der Waals surface area contributed by atoms with Crippen molar-refractivity contribution >= 4 is 17.3 Å². The first-order chi connectivity index (χ1) is 12.5. The Hall–Kier alpha value is -2.90. The van der Waals surface area contributed by atoms with Crippen molar-refractivity contribution in [3.05, 3.63) is 64.2 Å². The second-order valence-corrected chi connectivity index (χ2v) is 7.00. The van der Waals surface area contributed by atoms with E-state index in [0.717, 1.165) is 19.3 Å². The van der Waals surface area contributed by atoms with Crippen LogP contribution in [0.15, 0.2) is 36.4 Å². The van der Waals surface area contributed by atoms with Crippen LogP contribution in [0.3, 0.4) is 0 Å². The van der Waals surface area contributed by atoms with Crippen molar-refractivity contribution < 1.29 is 14.7 Å². The molecule has 0 unspecified atom stereocenters. The molecule has 4 nitrogen and oxygen atoms in total. The molecule has 4 rings (SSSR count). The molecule has 1 fully saturated rings. The van der Waals surface area contributed by atoms with Crippen LogP contribution in [0, 0.1) is 11.8 Å². The van der Waals surface area contributed by atoms with Crippen LogP contribution in [-0.2, 0) is 0 Å². The molecule has 0 saturated heterocycles. The van der Waals surface area contributed by atoms with Gasteiger partial charge in [-0.25, -0.2) is 0 Å². The molecule has 0 atom stereocenters. The molecule has 2 aliphatic rings. The van der Waals surface area contributed by atoms with Crippen molar-refractivity contribution in [2.75, 3.05) is 5.73 Å². The molecule has 2 aromatic rings. The first-order valence-corrected chi connectivity index (χ1v) is 8.87. The van der Waals surface area contributed by atoms with E-state index in [1.807, 2.05) is 0 Å². The fourth-order valence-electron chi connectivity index (χ4n) is 3.77. The monoisotopic (exact) mass is 345 g/mol. The van der Waals surface area contributed by atoms with E-state index in [1.54, 1.807) is 36.4 Å². The number of nitrogens with two attached hydrogens (primary N) is 1. The van der Waals surface area contributed by atoms with Crippen LogP contribution in [0.1, 0.15) is 69.5 Å². The van der Waals surface area contributed by atoms with E-state index >= 15 is 0 Å². The number of ketones is 2. The number of aliphatic hydroxyl groups is 1. The maximum Gasteiger partial charge on any atom is 0.196 e. The number of fused-ring (bicyclic) bond motifs is 2. The summed E-state index contributed by atoms with van der Waals surface area (Å²) in [6, 6.07) is 10.0. The summed E-state index contributed by atoms with van der Waals surface area (Å²) in [5.41, 5.74) is 7.21. The molecule has 0 spiro atoms. The number of rotatable bonds is 0. The number of benzene rings is 2. The number of nitrogen functional groups attached to an aromatic ring is 1. The largest absolute Gasteiger partial charge is 0.397 e. The Morgan fingerprint density at radius 3 is 2.23 bits per heavy atom. The molecule has 0 aromatic heterocycles. The van der Waals surface area contributed by atoms with Gasteiger partial charge in [0.15, 0.2) is 11.6 Å². The third kappa shape index (κ3) is 2.61. The van der Waals surface area contributed by atoms with Crippen LogP contribution in [0.25, 0.3) is 0 Å². The van der Waals surface area contributed by atoms with E-state index in [4.69, 9.17) is 5.73 Å². The summed E-state index contributed by atoms with van der Waals surface area (Å²) >= 11 is 0. The molecule has 0 bridgehead atoms. The van der Waals surface area contributed by atoms with Crippen LogP contribution in [0.5, 0.6) is 0 Å². The molecular weight excluding hydrogens is 326 g/mol. The van der Waals surface area contributed by atoms with Crippen molar-refractivity contribution in [3.63, 3.8) is 0 Å². The van der Waals surface area contributed by atoms with Gasteiger partial charge < -0.3 is 10.8 Å². The molecule has 2 aliphatic carbocycles. The molecule has 0 amide bonds. The average molecular weight is 345 g/mol. The SMILES string of the molecule is Nc1c(C#CC2(O)CCCCC2)ccc2c1C(=O)c1ccccc1C2=O. The summed E-state index contributed by atoms with van der Waals surface area (Å²) in [4.78, 5) is 25.6. The number of carbonyl (C=O) groups excluding carboxylic acids is 2. The van der Waals surface area contributed by atoms with E-state index < -0.39 is 5.60 Å². The van der Waals surface area contributed by atoms with Crippen molar-refractivity contribution in [1.82, 2.24) is 0 Å². The van der Waals surface area contributed by atoms with Gasteiger partial charge in [-0.05, 0) is 37.8 Å². The Morgan fingerprint density at radius 1 is 0.885 bits per heavy atom. The molecule has 130 valence electrons. The van der Waals surface area contributed by atoms with Gasteiger partial charge in [0.05, 0.1) is 11.3 Å². The molecular formula is C22H19NO3. The summed E-state index contributed by atoms with van der Waals surface area (Å²) in [6.45, 7) is 0. The smallest absolute Gasteiger partial charge is 0.196 e. The van der Waals surface area contributed by atoms with Gasteiger partial charge in [-0.1, -0.05) is 42.5 Å². The van der Waals surface area contributed by atoms with Gasteiger partial charge in [-0.2, -0.15) is 0 Å². The van der Waals surface area contributed by atoms with Gasteiger partial charge >= 0.3 is 0 Å². The normalized spacial score (nSPS) is 17.7. The van der Waals surface area contributed by atoms with Crippen molar-refractivity contribution in [2.45, 2.75) is 37.7 Å². The Balaban J connectivity index is 1.78. The minimum Gasteiger partial charge on any atom is -0.397 e. The van der Waals surface area contributed by atoms with Gasteiger partial charge in [-0.15, -0.1) is 0 Å². The summed E-state index contributed by atoms with van der Waals surface area (Å²) in [7, 11) is 0. The Bertz CT molecular complexity index is 988. The molecule has 2 aromatic carbocycles. The number of anilines is 1. The fourth-order valence-corrected chi connectivity index (χ4v) is 3.77. The van der Waals surface area contributed by atoms with E-state index in [-0.39, 0.29) is 22.8 Å². The first-order valence-electron chi connectivity index (χ1n) is 8.87. The fraction of sp³-hybridized carbons (Fsp3) is 0.273. The number of hydrogen-bond acceptors (Lipinski definition) is 4. The minimum atomic E-state index is -0.993. The van der Waals surface area contributed by atoms with Gasteiger partial charge in [-0.3, -0.25) is 9.59 Å². The number of carbonyl (C=O) groups is 2. The third-order valence-electron chi connectivity index (χ3n) is 5.24. The number of hydrogen-bond donors (Lipinski definition) is 2. The standard InChI is InChI=1S/C22H19NO3/c23-19-14(10-13-22(26)11-4-1-5-12-22)8-9-17-18(19)21(25)16-7-3-2-6-15(16)20(17)24/h2-3,6-9,26H,1,4-5,11-12,23H2. The minimum absolute atomic E-state index is 0.202. The predicted octanol–water partition coefficient (Wildman–Crippen LogP) is 3.09. The van der Waals surface area contributed by atoms with Crippen LogP contribution in [-0.4, -0.2) is 22.3 Å². The quantitative estimate of drug-likeness (QED) is 0.485. The first kappa shape index (κ1) is 16.6. The predicted molar refractivity (Wildman–Crippen MR) is 99.1 cm³/mol. The molecule has 0 radical (unpaired) electrons. The Kier molecular flexibility index (Phi) is 3.90. The topological polar surface area (TPSA) is 80.4 Å². The molecule has 26 heavy (non-hydrogen) atoms. The van der Waals surface area contributed by atoms with E-state index in [2.05, 4.69) is 11.8 Å². The van der Waals surface area contributed by atoms with Crippen molar-refractivity contribution in [1.29, 1.82) is 0 Å². The maximum absolute atomic E-state index is 12.9. The molecule has 1 saturated carbocycles. The van der Waals surface area contributed by atoms with Crippen LogP contribution >= 0.6 is 0 Å². The lowest BCUT2D eigenvalue weighted by Gasteiger charge is -2.26. The van der Waals surface area contributed by atoms with E-state index in [0.29, 0.717) is 35.1 Å². The van der Waals surface area contributed by atoms with Crippen LogP contribution < -0.4 is 5.73 Å². The summed E-state index contributed by atoms with van der Waals surface area (Å²) in [6.07, 6.45) is 4.31. The zero-order valence-corrected chi connectivity index (χ0v) is 14.3. The third-order valence-corrected chi connectivity index (χ3v) is 5.24. The second-order valence-electron chi connectivity index (χ2n) is 7.00. The summed E-state index contributed by atoms with van der Waals surface area (Å²) < 4.78 is 0. The Morgan fingerprint density at radius 2 is 1.54 bits per heavy atom. The van der Waals surface area contributed by atoms with Crippen molar-refractivity contribution in [2.24, 2.45) is 0 Å². The van der Waals surface area contributed by atoms with Gasteiger partial charge in [0.25, 0.3) is 0 Å². The highest BCUT2D eigenvalue weighted by Gasteiger charge is 2.32. The van der Waals surface area contributed by atoms with Gasteiger partial charge in [0, 0.05) is 22.3 Å². The lowest BCUT2D eigenvalue weighted by Crippen LogP contribution is -2.29. The summed E-state index contributed by atoms with van der Waals surface area (Å²) in [5, 5.41) is 10.6. The van der Waals surface area contributed by atoms with E-state index in [1.165, 1.54) is 0 Å². The summed E-state index contributed by atoms with van der Waals surface area (Å²) in [5.74, 6) is 5.42. The lowest BCUT2D eigenvalue weighted by molar-refractivity contribution is 0.0610. The van der Waals surface area contributed by atoms with Crippen LogP contribution in [0.4, 0.5) is 5.69 Å². The highest BCUT2D eigenvalue weighted by Crippen LogP contribution is 2.33. The molecule has 4 heteroatoms. The van der Waals surface area contributed by atoms with Crippen molar-refractivity contribution in [3.8, 4) is 11.8 Å². The molecule has 0 aliphatic heterocycles. The van der Waals surface area contributed by atoms with Gasteiger partial charge in [0.1, 0.15) is 5.60 Å². The highest BCUT2D eigenvalue weighted by atomic mass is 16.3. The maximum atomic E-state index is 12.9. The molecule has 0 heterocycles.